The van der Waals surface area contributed by atoms with Gasteiger partial charge in [-0.3, -0.25) is 14.8 Å². The lowest BCUT2D eigenvalue weighted by Crippen LogP contribution is -2.36. The zero-order valence-electron chi connectivity index (χ0n) is 11.3. The van der Waals surface area contributed by atoms with Crippen LogP contribution in [0.4, 0.5) is 5.82 Å². The largest absolute Gasteiger partial charge is 0.383 e. The van der Waals surface area contributed by atoms with Crippen LogP contribution in [0.2, 0.25) is 0 Å². The molecule has 0 unspecified atom stereocenters. The Morgan fingerprint density at radius 1 is 1.47 bits per heavy atom. The molecule has 1 amide bonds. The zero-order chi connectivity index (χ0) is 13.7. The van der Waals surface area contributed by atoms with Crippen LogP contribution >= 0.6 is 0 Å². The van der Waals surface area contributed by atoms with E-state index < -0.39 is 0 Å². The minimum absolute atomic E-state index is 0.0298. The predicted octanol–water partition coefficient (Wildman–Crippen LogP) is -0.214. The molecule has 0 atom stereocenters. The number of rotatable bonds is 4. The van der Waals surface area contributed by atoms with Crippen molar-refractivity contribution in [2.75, 3.05) is 52.2 Å². The highest BCUT2D eigenvalue weighted by atomic mass is 16.5. The number of hydrogen-bond donors (Lipinski definition) is 2. The van der Waals surface area contributed by atoms with Crippen molar-refractivity contribution in [2.24, 2.45) is 0 Å². The lowest BCUT2D eigenvalue weighted by molar-refractivity contribution is 0.0753. The van der Waals surface area contributed by atoms with Crippen molar-refractivity contribution in [3.63, 3.8) is 0 Å². The standard InChI is InChI=1S/C12H21N5O2/c1-19-8-7-16-3-2-4-17(6-5-16)12(18)10-9-11(13)15-14-10/h9H,2-8H2,1H3,(H3,13,14,15). The van der Waals surface area contributed by atoms with Gasteiger partial charge in [0.2, 0.25) is 0 Å². The van der Waals surface area contributed by atoms with E-state index in [1.54, 1.807) is 13.2 Å². The van der Waals surface area contributed by atoms with Crippen LogP contribution < -0.4 is 5.73 Å². The Morgan fingerprint density at radius 3 is 3.00 bits per heavy atom. The van der Waals surface area contributed by atoms with E-state index in [0.717, 1.165) is 45.8 Å². The molecule has 0 saturated carbocycles. The van der Waals surface area contributed by atoms with Gasteiger partial charge in [-0.15, -0.1) is 0 Å². The average molecular weight is 267 g/mol. The van der Waals surface area contributed by atoms with Gasteiger partial charge in [0, 0.05) is 39.4 Å². The fourth-order valence-electron chi connectivity index (χ4n) is 2.24. The van der Waals surface area contributed by atoms with E-state index in [0.29, 0.717) is 11.5 Å². The Morgan fingerprint density at radius 2 is 2.32 bits per heavy atom. The lowest BCUT2D eigenvalue weighted by atomic mass is 10.3. The fourth-order valence-corrected chi connectivity index (χ4v) is 2.24. The first-order chi connectivity index (χ1) is 9.20. The highest BCUT2D eigenvalue weighted by molar-refractivity contribution is 5.93. The van der Waals surface area contributed by atoms with E-state index >= 15 is 0 Å². The van der Waals surface area contributed by atoms with Crippen LogP contribution in [0.15, 0.2) is 6.07 Å². The molecular weight excluding hydrogens is 246 g/mol. The summed E-state index contributed by atoms with van der Waals surface area (Å²) in [6.07, 6.45) is 0.971. The molecule has 2 rings (SSSR count). The minimum Gasteiger partial charge on any atom is -0.383 e. The van der Waals surface area contributed by atoms with Crippen LogP contribution in [0.5, 0.6) is 0 Å². The van der Waals surface area contributed by atoms with Crippen molar-refractivity contribution in [1.82, 2.24) is 20.0 Å². The molecule has 0 aromatic carbocycles. The monoisotopic (exact) mass is 267 g/mol. The summed E-state index contributed by atoms with van der Waals surface area (Å²) in [5.74, 6) is 0.317. The summed E-state index contributed by atoms with van der Waals surface area (Å²) in [5.41, 5.74) is 5.98. The number of nitrogens with zero attached hydrogens (tertiary/aromatic N) is 3. The summed E-state index contributed by atoms with van der Waals surface area (Å²) in [6, 6.07) is 1.58. The number of hydrogen-bond acceptors (Lipinski definition) is 5. The van der Waals surface area contributed by atoms with Crippen molar-refractivity contribution in [1.29, 1.82) is 0 Å². The smallest absolute Gasteiger partial charge is 0.271 e. The Labute approximate surface area is 112 Å². The van der Waals surface area contributed by atoms with Gasteiger partial charge in [-0.25, -0.2) is 0 Å². The third kappa shape index (κ3) is 3.68. The molecule has 2 heterocycles. The van der Waals surface area contributed by atoms with E-state index in [4.69, 9.17) is 10.5 Å². The second-order valence-corrected chi connectivity index (χ2v) is 4.69. The Balaban J connectivity index is 1.90. The van der Waals surface area contributed by atoms with E-state index in [-0.39, 0.29) is 5.91 Å². The van der Waals surface area contributed by atoms with Gasteiger partial charge in [-0.2, -0.15) is 5.10 Å². The van der Waals surface area contributed by atoms with Gasteiger partial charge in [0.25, 0.3) is 5.91 Å². The minimum atomic E-state index is -0.0298. The van der Waals surface area contributed by atoms with Crippen LogP contribution in [0.3, 0.4) is 0 Å². The fraction of sp³-hybridized carbons (Fsp3) is 0.667. The first-order valence-corrected chi connectivity index (χ1v) is 6.52. The third-order valence-corrected chi connectivity index (χ3v) is 3.32. The molecule has 0 aliphatic carbocycles. The summed E-state index contributed by atoms with van der Waals surface area (Å²) in [7, 11) is 1.70. The summed E-state index contributed by atoms with van der Waals surface area (Å²) < 4.78 is 5.08. The second-order valence-electron chi connectivity index (χ2n) is 4.69. The molecule has 1 aromatic rings. The Bertz CT molecular complexity index is 420. The second kappa shape index (κ2) is 6.53. The molecule has 19 heavy (non-hydrogen) atoms. The number of anilines is 1. The number of amides is 1. The van der Waals surface area contributed by atoms with E-state index in [1.807, 2.05) is 4.90 Å². The molecule has 1 aromatic heterocycles. The number of nitrogen functional groups attached to an aromatic ring is 1. The van der Waals surface area contributed by atoms with Crippen LogP contribution in [0.25, 0.3) is 0 Å². The number of nitrogens with two attached hydrogens (primary N) is 1. The predicted molar refractivity (Wildman–Crippen MR) is 71.8 cm³/mol. The van der Waals surface area contributed by atoms with E-state index in [9.17, 15) is 4.79 Å². The molecule has 1 aliphatic heterocycles. The molecular formula is C12H21N5O2. The normalized spacial score (nSPS) is 17.4. The number of aromatic nitrogens is 2. The molecule has 0 bridgehead atoms. The number of ether oxygens (including phenoxy) is 1. The van der Waals surface area contributed by atoms with Crippen molar-refractivity contribution in [3.8, 4) is 0 Å². The number of aromatic amines is 1. The van der Waals surface area contributed by atoms with Gasteiger partial charge in [0.15, 0.2) is 0 Å². The third-order valence-electron chi connectivity index (χ3n) is 3.32. The Kier molecular flexibility index (Phi) is 4.75. The van der Waals surface area contributed by atoms with Gasteiger partial charge >= 0.3 is 0 Å². The summed E-state index contributed by atoms with van der Waals surface area (Å²) in [4.78, 5) is 16.4. The van der Waals surface area contributed by atoms with Gasteiger partial charge in [-0.05, 0) is 13.0 Å². The van der Waals surface area contributed by atoms with Crippen molar-refractivity contribution < 1.29 is 9.53 Å². The van der Waals surface area contributed by atoms with Crippen molar-refractivity contribution >= 4 is 11.7 Å². The molecule has 3 N–H and O–H groups in total. The molecule has 0 radical (unpaired) electrons. The maximum atomic E-state index is 12.2. The topological polar surface area (TPSA) is 87.5 Å². The van der Waals surface area contributed by atoms with Gasteiger partial charge in [-0.1, -0.05) is 0 Å². The van der Waals surface area contributed by atoms with Crippen LogP contribution in [-0.4, -0.2) is 72.3 Å². The van der Waals surface area contributed by atoms with Gasteiger partial charge in [0.1, 0.15) is 11.5 Å². The molecule has 0 spiro atoms. The number of nitrogens with one attached hydrogen (secondary N) is 1. The van der Waals surface area contributed by atoms with E-state index in [1.165, 1.54) is 0 Å². The van der Waals surface area contributed by atoms with Crippen molar-refractivity contribution in [2.45, 2.75) is 6.42 Å². The Hall–Kier alpha value is -1.60. The molecule has 1 aliphatic rings. The number of carbonyl (C=O) groups excluding carboxylic acids is 1. The zero-order valence-corrected chi connectivity index (χ0v) is 11.3. The number of H-pyrrole nitrogens is 1. The molecule has 106 valence electrons. The number of carbonyl (C=O) groups is 1. The molecule has 7 nitrogen and oxygen atoms in total. The lowest BCUT2D eigenvalue weighted by Gasteiger charge is -2.21. The van der Waals surface area contributed by atoms with Gasteiger partial charge < -0.3 is 15.4 Å². The summed E-state index contributed by atoms with van der Waals surface area (Å²) in [6.45, 7) is 5.00. The van der Waals surface area contributed by atoms with Gasteiger partial charge in [0.05, 0.1) is 6.61 Å². The van der Waals surface area contributed by atoms with Crippen LogP contribution in [0, 0.1) is 0 Å². The van der Waals surface area contributed by atoms with Crippen molar-refractivity contribution in [3.05, 3.63) is 11.8 Å². The maximum Gasteiger partial charge on any atom is 0.271 e. The first-order valence-electron chi connectivity index (χ1n) is 6.52. The SMILES string of the molecule is COCCN1CCCN(C(=O)c2cc(N)n[nH]2)CC1. The molecule has 7 heteroatoms. The van der Waals surface area contributed by atoms with Crippen LogP contribution in [0.1, 0.15) is 16.9 Å². The summed E-state index contributed by atoms with van der Waals surface area (Å²) in [5, 5.41) is 6.46. The van der Waals surface area contributed by atoms with E-state index in [2.05, 4.69) is 15.1 Å². The average Bonchev–Trinajstić information content (AvgIpc) is 2.71. The maximum absolute atomic E-state index is 12.2. The first kappa shape index (κ1) is 13.8. The molecule has 1 saturated heterocycles. The van der Waals surface area contributed by atoms with Crippen LogP contribution in [-0.2, 0) is 4.74 Å². The summed E-state index contributed by atoms with van der Waals surface area (Å²) >= 11 is 0. The number of methoxy groups -OCH3 is 1. The quantitative estimate of drug-likeness (QED) is 0.788. The highest BCUT2D eigenvalue weighted by Crippen LogP contribution is 2.09. The molecule has 1 fully saturated rings. The highest BCUT2D eigenvalue weighted by Gasteiger charge is 2.21.